The van der Waals surface area contributed by atoms with Crippen LogP contribution in [0, 0.1) is 5.82 Å². The number of aliphatic hydroxyl groups is 1. The monoisotopic (exact) mass is 306 g/mol. The Kier molecular flexibility index (Phi) is 5.91. The first-order valence-corrected chi connectivity index (χ1v) is 5.66. The summed E-state index contributed by atoms with van der Waals surface area (Å²) in [5, 5.41) is 9.03. The molecular formula is C7H5BrFNaO4S. The fourth-order valence-electron chi connectivity index (χ4n) is 0.833. The summed E-state index contributed by atoms with van der Waals surface area (Å²) < 4.78 is 43.9. The summed E-state index contributed by atoms with van der Waals surface area (Å²) in [6.07, 6.45) is 0. The molecule has 1 aromatic carbocycles. The zero-order valence-corrected chi connectivity index (χ0v) is 12.0. The molecule has 0 spiro atoms. The second-order valence-electron chi connectivity index (χ2n) is 2.52. The van der Waals surface area contributed by atoms with E-state index in [-0.39, 0.29) is 39.6 Å². The van der Waals surface area contributed by atoms with E-state index in [9.17, 15) is 17.4 Å². The van der Waals surface area contributed by atoms with E-state index in [1.54, 1.807) is 0 Å². The van der Waals surface area contributed by atoms with E-state index in [1.807, 2.05) is 0 Å². The van der Waals surface area contributed by atoms with Crippen LogP contribution < -0.4 is 29.6 Å². The predicted octanol–water partition coefficient (Wildman–Crippen LogP) is -1.87. The maximum atomic E-state index is 12.7. The van der Waals surface area contributed by atoms with Gasteiger partial charge in [0, 0.05) is 0 Å². The number of hydrogen-bond donors (Lipinski definition) is 1. The van der Waals surface area contributed by atoms with E-state index in [2.05, 4.69) is 15.9 Å². The van der Waals surface area contributed by atoms with Gasteiger partial charge in [0.25, 0.3) is 0 Å². The molecule has 0 amide bonds. The van der Waals surface area contributed by atoms with Gasteiger partial charge in [0.2, 0.25) is 0 Å². The third-order valence-corrected chi connectivity index (χ3v) is 2.93. The summed E-state index contributed by atoms with van der Waals surface area (Å²) in [7, 11) is -4.82. The molecular weight excluding hydrogens is 302 g/mol. The third kappa shape index (κ3) is 4.10. The standard InChI is InChI=1S/C7H6BrFO4S.Na/c8-5-3-4(1-2-6(5)9)7(10)14(11,12)13;/h1-3,7,10H,(H,11,12,13);/q;+1/p-1. The van der Waals surface area contributed by atoms with Crippen molar-refractivity contribution in [2.75, 3.05) is 0 Å². The molecule has 0 aliphatic carbocycles. The maximum absolute atomic E-state index is 12.7. The third-order valence-electron chi connectivity index (χ3n) is 1.50. The molecule has 1 atom stereocenters. The topological polar surface area (TPSA) is 77.4 Å². The molecule has 0 saturated carbocycles. The fraction of sp³-hybridized carbons (Fsp3) is 0.143. The second kappa shape index (κ2) is 5.72. The normalized spacial score (nSPS) is 13.1. The van der Waals surface area contributed by atoms with Crippen molar-refractivity contribution < 1.29 is 52.0 Å². The first-order valence-electron chi connectivity index (χ1n) is 3.40. The van der Waals surface area contributed by atoms with E-state index in [4.69, 9.17) is 5.11 Å². The summed E-state index contributed by atoms with van der Waals surface area (Å²) in [4.78, 5) is 0. The second-order valence-corrected chi connectivity index (χ2v) is 4.81. The van der Waals surface area contributed by atoms with Crippen molar-refractivity contribution in [3.05, 3.63) is 34.1 Å². The Morgan fingerprint density at radius 1 is 1.47 bits per heavy atom. The molecule has 4 nitrogen and oxygen atoms in total. The average molecular weight is 307 g/mol. The number of rotatable bonds is 2. The van der Waals surface area contributed by atoms with Crippen LogP contribution in [0.3, 0.4) is 0 Å². The quantitative estimate of drug-likeness (QED) is 0.513. The molecule has 0 radical (unpaired) electrons. The summed E-state index contributed by atoms with van der Waals surface area (Å²) in [6, 6.07) is 3.02. The van der Waals surface area contributed by atoms with Crippen molar-refractivity contribution in [1.29, 1.82) is 0 Å². The van der Waals surface area contributed by atoms with Gasteiger partial charge in [0.1, 0.15) is 15.9 Å². The SMILES string of the molecule is O=S(=O)([O-])C(O)c1ccc(F)c(Br)c1.[Na+]. The molecule has 15 heavy (non-hydrogen) atoms. The van der Waals surface area contributed by atoms with Crippen LogP contribution in [0.2, 0.25) is 0 Å². The minimum Gasteiger partial charge on any atom is -0.746 e. The van der Waals surface area contributed by atoms with Gasteiger partial charge in [-0.05, 0) is 33.6 Å². The number of aliphatic hydroxyl groups excluding tert-OH is 1. The van der Waals surface area contributed by atoms with E-state index >= 15 is 0 Å². The van der Waals surface area contributed by atoms with Crippen LogP contribution in [0.4, 0.5) is 4.39 Å². The fourth-order valence-corrected chi connectivity index (χ4v) is 1.71. The average Bonchev–Trinajstić information content (AvgIpc) is 2.07. The number of halogens is 2. The summed E-state index contributed by atoms with van der Waals surface area (Å²) in [5.41, 5.74) is -2.34. The van der Waals surface area contributed by atoms with Gasteiger partial charge in [0.15, 0.2) is 5.44 Å². The van der Waals surface area contributed by atoms with Crippen molar-refractivity contribution in [3.63, 3.8) is 0 Å². The minimum absolute atomic E-state index is 0. The van der Waals surface area contributed by atoms with Crippen LogP contribution in [-0.2, 0) is 10.1 Å². The molecule has 0 aromatic heterocycles. The first-order chi connectivity index (χ1) is 6.32. The Morgan fingerprint density at radius 2 is 2.00 bits per heavy atom. The molecule has 0 heterocycles. The first kappa shape index (κ1) is 15.5. The van der Waals surface area contributed by atoms with Gasteiger partial charge in [-0.2, -0.15) is 0 Å². The van der Waals surface area contributed by atoms with Crippen molar-refractivity contribution in [1.82, 2.24) is 0 Å². The van der Waals surface area contributed by atoms with Gasteiger partial charge in [-0.15, -0.1) is 0 Å². The Hall–Kier alpha value is 0.500. The Morgan fingerprint density at radius 3 is 2.40 bits per heavy atom. The summed E-state index contributed by atoms with van der Waals surface area (Å²) in [6.45, 7) is 0. The zero-order valence-electron chi connectivity index (χ0n) is 7.65. The van der Waals surface area contributed by atoms with Crippen molar-refractivity contribution in [2.45, 2.75) is 5.44 Å². The summed E-state index contributed by atoms with van der Waals surface area (Å²) >= 11 is 2.80. The van der Waals surface area contributed by atoms with Gasteiger partial charge in [-0.25, -0.2) is 12.8 Å². The van der Waals surface area contributed by atoms with Gasteiger partial charge < -0.3 is 9.66 Å². The number of benzene rings is 1. The molecule has 0 bridgehead atoms. The molecule has 1 aromatic rings. The Labute approximate surface area is 117 Å². The maximum Gasteiger partial charge on any atom is 1.00 e. The van der Waals surface area contributed by atoms with Crippen LogP contribution in [0.25, 0.3) is 0 Å². The van der Waals surface area contributed by atoms with Crippen molar-refractivity contribution in [2.24, 2.45) is 0 Å². The number of hydrogen-bond acceptors (Lipinski definition) is 4. The molecule has 78 valence electrons. The molecule has 0 saturated heterocycles. The molecule has 0 fully saturated rings. The molecule has 1 unspecified atom stereocenters. The minimum atomic E-state index is -4.82. The van der Waals surface area contributed by atoms with Crippen LogP contribution in [0.1, 0.15) is 11.0 Å². The van der Waals surface area contributed by atoms with Gasteiger partial charge in [-0.1, -0.05) is 6.07 Å². The van der Waals surface area contributed by atoms with E-state index in [1.165, 1.54) is 0 Å². The molecule has 8 heteroatoms. The van der Waals surface area contributed by atoms with E-state index in [0.29, 0.717) is 0 Å². The van der Waals surface area contributed by atoms with E-state index < -0.39 is 21.4 Å². The Balaban J connectivity index is 0.00000196. The molecule has 1 N–H and O–H groups in total. The largest absolute Gasteiger partial charge is 1.00 e. The van der Waals surface area contributed by atoms with Crippen molar-refractivity contribution >= 4 is 26.0 Å². The Bertz CT molecular complexity index is 450. The van der Waals surface area contributed by atoms with Crippen LogP contribution in [0.15, 0.2) is 22.7 Å². The van der Waals surface area contributed by atoms with Crippen LogP contribution >= 0.6 is 15.9 Å². The van der Waals surface area contributed by atoms with E-state index in [0.717, 1.165) is 18.2 Å². The zero-order chi connectivity index (χ0) is 10.9. The van der Waals surface area contributed by atoms with Gasteiger partial charge in [-0.3, -0.25) is 0 Å². The molecule has 1 rings (SSSR count). The summed E-state index contributed by atoms with van der Waals surface area (Å²) in [5.74, 6) is -0.607. The predicted molar refractivity (Wildman–Crippen MR) is 48.8 cm³/mol. The molecule has 0 aliphatic rings. The molecule has 0 aliphatic heterocycles. The van der Waals surface area contributed by atoms with Crippen molar-refractivity contribution in [3.8, 4) is 0 Å². The van der Waals surface area contributed by atoms with Crippen LogP contribution in [-0.4, -0.2) is 18.1 Å². The van der Waals surface area contributed by atoms with Gasteiger partial charge in [0.05, 0.1) is 4.47 Å². The van der Waals surface area contributed by atoms with Crippen LogP contribution in [0.5, 0.6) is 0 Å². The van der Waals surface area contributed by atoms with Gasteiger partial charge >= 0.3 is 29.6 Å². The smallest absolute Gasteiger partial charge is 0.746 e.